The van der Waals surface area contributed by atoms with E-state index in [0.29, 0.717) is 12.0 Å². The molecule has 0 fully saturated rings. The molecule has 0 spiro atoms. The summed E-state index contributed by atoms with van der Waals surface area (Å²) in [5.41, 5.74) is 0.281. The van der Waals surface area contributed by atoms with Crippen LogP contribution in [0.1, 0.15) is 53.1 Å². The fourth-order valence-corrected chi connectivity index (χ4v) is 2.13. The zero-order valence-electron chi connectivity index (χ0n) is 14.3. The Morgan fingerprint density at radius 2 is 1.75 bits per heavy atom. The van der Waals surface area contributed by atoms with Crippen molar-refractivity contribution in [2.75, 3.05) is 13.6 Å². The second-order valence-corrected chi connectivity index (χ2v) is 7.35. The molecule has 0 aromatic carbocycles. The molecule has 1 aromatic rings. The standard InChI is InChI=1S/C17H32N2O/c1-13(2)10-18-11-15-8-9-16(20-15)12-19(7)14(3)17(4,5)6/h8-9,13-14,18H,10-12H2,1-7H3. The minimum Gasteiger partial charge on any atom is -0.463 e. The monoisotopic (exact) mass is 280 g/mol. The molecule has 1 aromatic heterocycles. The van der Waals surface area contributed by atoms with Crippen LogP contribution in [0.4, 0.5) is 0 Å². The van der Waals surface area contributed by atoms with Crippen LogP contribution in [0.5, 0.6) is 0 Å². The van der Waals surface area contributed by atoms with Crippen LogP contribution in [-0.4, -0.2) is 24.5 Å². The van der Waals surface area contributed by atoms with Crippen molar-refractivity contribution in [3.63, 3.8) is 0 Å². The third-order valence-electron chi connectivity index (χ3n) is 3.89. The lowest BCUT2D eigenvalue weighted by atomic mass is 9.87. The van der Waals surface area contributed by atoms with E-state index in [4.69, 9.17) is 4.42 Å². The van der Waals surface area contributed by atoms with Gasteiger partial charge in [-0.25, -0.2) is 0 Å². The zero-order chi connectivity index (χ0) is 15.3. The molecular formula is C17H32N2O. The minimum atomic E-state index is 0.281. The van der Waals surface area contributed by atoms with E-state index >= 15 is 0 Å². The maximum atomic E-state index is 5.89. The van der Waals surface area contributed by atoms with Crippen molar-refractivity contribution in [2.45, 2.75) is 60.7 Å². The summed E-state index contributed by atoms with van der Waals surface area (Å²) in [6, 6.07) is 4.69. The van der Waals surface area contributed by atoms with Crippen molar-refractivity contribution in [2.24, 2.45) is 11.3 Å². The van der Waals surface area contributed by atoms with Crippen molar-refractivity contribution in [3.8, 4) is 0 Å². The molecule has 0 radical (unpaired) electrons. The summed E-state index contributed by atoms with van der Waals surface area (Å²) in [7, 11) is 2.16. The highest BCUT2D eigenvalue weighted by Gasteiger charge is 2.24. The molecule has 116 valence electrons. The molecule has 0 amide bonds. The molecule has 0 aliphatic heterocycles. The molecule has 1 heterocycles. The van der Waals surface area contributed by atoms with Crippen LogP contribution in [0.15, 0.2) is 16.5 Å². The first kappa shape index (κ1) is 17.3. The van der Waals surface area contributed by atoms with Crippen LogP contribution in [0.25, 0.3) is 0 Å². The van der Waals surface area contributed by atoms with Crippen LogP contribution >= 0.6 is 0 Å². The van der Waals surface area contributed by atoms with Gasteiger partial charge in [-0.3, -0.25) is 4.90 Å². The number of nitrogens with one attached hydrogen (secondary N) is 1. The van der Waals surface area contributed by atoms with Gasteiger partial charge >= 0.3 is 0 Å². The largest absolute Gasteiger partial charge is 0.463 e. The van der Waals surface area contributed by atoms with E-state index in [1.165, 1.54) is 0 Å². The maximum Gasteiger partial charge on any atom is 0.118 e. The molecule has 1 atom stereocenters. The first-order valence-electron chi connectivity index (χ1n) is 7.68. The SMILES string of the molecule is CC(C)CNCc1ccc(CN(C)C(C)C(C)(C)C)o1. The van der Waals surface area contributed by atoms with Gasteiger partial charge in [0.05, 0.1) is 13.1 Å². The van der Waals surface area contributed by atoms with Crippen LogP contribution < -0.4 is 5.32 Å². The molecule has 3 heteroatoms. The van der Waals surface area contributed by atoms with Crippen molar-refractivity contribution >= 4 is 0 Å². The fourth-order valence-electron chi connectivity index (χ4n) is 2.13. The van der Waals surface area contributed by atoms with E-state index in [1.54, 1.807) is 0 Å². The summed E-state index contributed by atoms with van der Waals surface area (Å²) in [6.45, 7) is 16.2. The summed E-state index contributed by atoms with van der Waals surface area (Å²) in [6.07, 6.45) is 0. The Morgan fingerprint density at radius 1 is 1.15 bits per heavy atom. The third kappa shape index (κ3) is 5.68. The van der Waals surface area contributed by atoms with Gasteiger partial charge in [-0.15, -0.1) is 0 Å². The summed E-state index contributed by atoms with van der Waals surface area (Å²) < 4.78 is 5.89. The predicted octanol–water partition coefficient (Wildman–Crippen LogP) is 3.89. The van der Waals surface area contributed by atoms with E-state index in [-0.39, 0.29) is 5.41 Å². The Balaban J connectivity index is 2.47. The van der Waals surface area contributed by atoms with Gasteiger partial charge < -0.3 is 9.73 Å². The smallest absolute Gasteiger partial charge is 0.118 e. The van der Waals surface area contributed by atoms with Gasteiger partial charge in [-0.1, -0.05) is 34.6 Å². The van der Waals surface area contributed by atoms with Gasteiger partial charge in [0.15, 0.2) is 0 Å². The molecule has 0 bridgehead atoms. The van der Waals surface area contributed by atoms with Gasteiger partial charge in [0.25, 0.3) is 0 Å². The Hall–Kier alpha value is -0.800. The number of rotatable bonds is 7. The quantitative estimate of drug-likeness (QED) is 0.821. The van der Waals surface area contributed by atoms with E-state index in [1.807, 2.05) is 0 Å². The average molecular weight is 280 g/mol. The van der Waals surface area contributed by atoms with Crippen LogP contribution in [0.3, 0.4) is 0 Å². The number of hydrogen-bond acceptors (Lipinski definition) is 3. The van der Waals surface area contributed by atoms with Crippen molar-refractivity contribution in [1.29, 1.82) is 0 Å². The predicted molar refractivity (Wildman–Crippen MR) is 85.6 cm³/mol. The van der Waals surface area contributed by atoms with E-state index in [2.05, 4.69) is 70.9 Å². The highest BCUT2D eigenvalue weighted by molar-refractivity contribution is 5.07. The Morgan fingerprint density at radius 3 is 2.30 bits per heavy atom. The van der Waals surface area contributed by atoms with Crippen molar-refractivity contribution < 1.29 is 4.42 Å². The number of furan rings is 1. The summed E-state index contributed by atoms with van der Waals surface area (Å²) in [5, 5.41) is 3.41. The maximum absolute atomic E-state index is 5.89. The second kappa shape index (κ2) is 7.28. The molecule has 0 aliphatic rings. The lowest BCUT2D eigenvalue weighted by Gasteiger charge is -2.34. The van der Waals surface area contributed by atoms with Gasteiger partial charge in [0.2, 0.25) is 0 Å². The molecular weight excluding hydrogens is 248 g/mol. The topological polar surface area (TPSA) is 28.4 Å². The lowest BCUT2D eigenvalue weighted by Crippen LogP contribution is -2.38. The van der Waals surface area contributed by atoms with Crippen LogP contribution in [0, 0.1) is 11.3 Å². The normalized spacial score (nSPS) is 14.2. The van der Waals surface area contributed by atoms with E-state index in [9.17, 15) is 0 Å². The summed E-state index contributed by atoms with van der Waals surface area (Å²) in [4.78, 5) is 2.35. The highest BCUT2D eigenvalue weighted by Crippen LogP contribution is 2.24. The van der Waals surface area contributed by atoms with Crippen molar-refractivity contribution in [1.82, 2.24) is 10.2 Å². The van der Waals surface area contributed by atoms with Crippen LogP contribution in [-0.2, 0) is 13.1 Å². The van der Waals surface area contributed by atoms with Crippen LogP contribution in [0.2, 0.25) is 0 Å². The number of hydrogen-bond donors (Lipinski definition) is 1. The second-order valence-electron chi connectivity index (χ2n) is 7.35. The minimum absolute atomic E-state index is 0.281. The van der Waals surface area contributed by atoms with Crippen molar-refractivity contribution in [3.05, 3.63) is 23.7 Å². The Bertz CT molecular complexity index is 390. The van der Waals surface area contributed by atoms with Gasteiger partial charge in [0.1, 0.15) is 11.5 Å². The van der Waals surface area contributed by atoms with E-state index in [0.717, 1.165) is 31.2 Å². The van der Waals surface area contributed by atoms with Gasteiger partial charge in [0, 0.05) is 6.04 Å². The molecule has 20 heavy (non-hydrogen) atoms. The molecule has 0 aliphatic carbocycles. The molecule has 3 nitrogen and oxygen atoms in total. The first-order chi connectivity index (χ1) is 9.20. The molecule has 0 saturated heterocycles. The first-order valence-corrected chi connectivity index (χ1v) is 7.68. The molecule has 1 rings (SSSR count). The Labute approximate surface area is 124 Å². The van der Waals surface area contributed by atoms with Gasteiger partial charge in [-0.2, -0.15) is 0 Å². The summed E-state index contributed by atoms with van der Waals surface area (Å²) in [5.74, 6) is 2.74. The number of nitrogens with zero attached hydrogens (tertiary/aromatic N) is 1. The fraction of sp³-hybridized carbons (Fsp3) is 0.765. The third-order valence-corrected chi connectivity index (χ3v) is 3.89. The summed E-state index contributed by atoms with van der Waals surface area (Å²) >= 11 is 0. The van der Waals surface area contributed by atoms with Gasteiger partial charge in [-0.05, 0) is 44.0 Å². The molecule has 1 N–H and O–H groups in total. The van der Waals surface area contributed by atoms with E-state index < -0.39 is 0 Å². The zero-order valence-corrected chi connectivity index (χ0v) is 14.3. The average Bonchev–Trinajstić information content (AvgIpc) is 2.74. The molecule has 0 saturated carbocycles. The highest BCUT2D eigenvalue weighted by atomic mass is 16.3. The Kier molecular flexibility index (Phi) is 6.28. The lowest BCUT2D eigenvalue weighted by molar-refractivity contribution is 0.126. The molecule has 1 unspecified atom stereocenters.